The quantitative estimate of drug-likeness (QED) is 0.787. The van der Waals surface area contributed by atoms with Crippen molar-refractivity contribution in [1.82, 2.24) is 15.3 Å². The number of carbonyl (C=O) groups is 1. The van der Waals surface area contributed by atoms with E-state index in [9.17, 15) is 4.79 Å². The monoisotopic (exact) mass is 277 g/mol. The molecule has 1 aromatic heterocycles. The molecule has 1 aliphatic carbocycles. The minimum absolute atomic E-state index is 0.0107. The van der Waals surface area contributed by atoms with Gasteiger partial charge in [-0.1, -0.05) is 0 Å². The Morgan fingerprint density at radius 1 is 1.40 bits per heavy atom. The summed E-state index contributed by atoms with van der Waals surface area (Å²) < 4.78 is 0. The fourth-order valence-corrected chi connectivity index (χ4v) is 2.02. The average Bonchev–Trinajstić information content (AvgIpc) is 3.29. The van der Waals surface area contributed by atoms with Gasteiger partial charge in [-0.25, -0.2) is 9.97 Å². The van der Waals surface area contributed by atoms with E-state index in [0.717, 1.165) is 43.4 Å². The number of amides is 1. The predicted octanol–water partition coefficient (Wildman–Crippen LogP) is 1.36. The molecule has 1 heterocycles. The Balaban J connectivity index is 2.24. The van der Waals surface area contributed by atoms with Crippen LogP contribution >= 0.6 is 0 Å². The zero-order valence-corrected chi connectivity index (χ0v) is 12.4. The van der Waals surface area contributed by atoms with Crippen LogP contribution in [0.15, 0.2) is 6.07 Å². The molecular formula is C14H23N5O. The number of aromatic nitrogens is 2. The van der Waals surface area contributed by atoms with Crippen molar-refractivity contribution in [3.63, 3.8) is 0 Å². The first-order valence-electron chi connectivity index (χ1n) is 7.26. The molecule has 0 bridgehead atoms. The molecule has 20 heavy (non-hydrogen) atoms. The second-order valence-electron chi connectivity index (χ2n) is 4.96. The zero-order chi connectivity index (χ0) is 14.5. The molecule has 2 rings (SSSR count). The van der Waals surface area contributed by atoms with Crippen LogP contribution in [0.25, 0.3) is 0 Å². The normalized spacial score (nSPS) is 13.9. The van der Waals surface area contributed by atoms with Crippen molar-refractivity contribution in [2.24, 2.45) is 0 Å². The molecule has 1 aromatic rings. The molecule has 1 aliphatic rings. The molecule has 0 aliphatic heterocycles. The van der Waals surface area contributed by atoms with Gasteiger partial charge in [0.15, 0.2) is 0 Å². The molecule has 0 radical (unpaired) electrons. The summed E-state index contributed by atoms with van der Waals surface area (Å²) in [5.41, 5.74) is 0. The van der Waals surface area contributed by atoms with Crippen LogP contribution in [0.2, 0.25) is 0 Å². The van der Waals surface area contributed by atoms with Crippen LogP contribution in [-0.2, 0) is 4.79 Å². The smallest absolute Gasteiger partial charge is 0.239 e. The van der Waals surface area contributed by atoms with Crippen molar-refractivity contribution in [2.45, 2.75) is 32.6 Å². The zero-order valence-electron chi connectivity index (χ0n) is 12.4. The van der Waals surface area contributed by atoms with Crippen LogP contribution in [0.5, 0.6) is 0 Å². The van der Waals surface area contributed by atoms with Gasteiger partial charge >= 0.3 is 0 Å². The third-order valence-electron chi connectivity index (χ3n) is 3.35. The minimum atomic E-state index is -0.0107. The van der Waals surface area contributed by atoms with Crippen LogP contribution in [0, 0.1) is 0 Å². The highest BCUT2D eigenvalue weighted by molar-refractivity contribution is 5.80. The van der Waals surface area contributed by atoms with Crippen LogP contribution in [0.3, 0.4) is 0 Å². The van der Waals surface area contributed by atoms with Crippen LogP contribution < -0.4 is 15.5 Å². The molecule has 6 heteroatoms. The Kier molecular flexibility index (Phi) is 4.76. The lowest BCUT2D eigenvalue weighted by molar-refractivity contribution is -0.119. The van der Waals surface area contributed by atoms with Gasteiger partial charge in [0, 0.05) is 32.1 Å². The Morgan fingerprint density at radius 2 is 2.15 bits per heavy atom. The minimum Gasteiger partial charge on any atom is -0.370 e. The fourth-order valence-electron chi connectivity index (χ4n) is 2.02. The molecule has 0 saturated heterocycles. The second-order valence-corrected chi connectivity index (χ2v) is 4.96. The summed E-state index contributed by atoms with van der Waals surface area (Å²) in [4.78, 5) is 22.7. The van der Waals surface area contributed by atoms with Crippen molar-refractivity contribution in [3.8, 4) is 0 Å². The van der Waals surface area contributed by atoms with E-state index < -0.39 is 0 Å². The van der Waals surface area contributed by atoms with E-state index in [-0.39, 0.29) is 5.91 Å². The summed E-state index contributed by atoms with van der Waals surface area (Å²) >= 11 is 0. The highest BCUT2D eigenvalue weighted by atomic mass is 16.1. The SMILES string of the molecule is CCNc1cc(N(CC)CC(=O)NC)nc(C2CC2)n1. The fraction of sp³-hybridized carbons (Fsp3) is 0.643. The van der Waals surface area contributed by atoms with Gasteiger partial charge in [0.25, 0.3) is 0 Å². The molecule has 1 amide bonds. The summed E-state index contributed by atoms with van der Waals surface area (Å²) in [6.07, 6.45) is 2.33. The first-order chi connectivity index (χ1) is 9.67. The Labute approximate surface area is 120 Å². The van der Waals surface area contributed by atoms with Gasteiger partial charge in [-0.3, -0.25) is 4.79 Å². The van der Waals surface area contributed by atoms with Gasteiger partial charge in [-0.15, -0.1) is 0 Å². The lowest BCUT2D eigenvalue weighted by atomic mass is 10.3. The molecule has 0 aromatic carbocycles. The molecule has 2 N–H and O–H groups in total. The maximum absolute atomic E-state index is 11.6. The van der Waals surface area contributed by atoms with E-state index in [2.05, 4.69) is 20.6 Å². The van der Waals surface area contributed by atoms with Gasteiger partial charge < -0.3 is 15.5 Å². The van der Waals surface area contributed by atoms with E-state index in [4.69, 9.17) is 0 Å². The highest BCUT2D eigenvalue weighted by Gasteiger charge is 2.28. The van der Waals surface area contributed by atoms with Crippen LogP contribution in [-0.4, -0.2) is 42.6 Å². The Morgan fingerprint density at radius 3 is 2.70 bits per heavy atom. The van der Waals surface area contributed by atoms with E-state index in [1.807, 2.05) is 24.8 Å². The number of hydrogen-bond acceptors (Lipinski definition) is 5. The number of likely N-dealkylation sites (N-methyl/N-ethyl adjacent to an activating group) is 2. The third kappa shape index (κ3) is 3.59. The highest BCUT2D eigenvalue weighted by Crippen LogP contribution is 2.39. The number of hydrogen-bond donors (Lipinski definition) is 2. The van der Waals surface area contributed by atoms with Crippen LogP contribution in [0.4, 0.5) is 11.6 Å². The third-order valence-corrected chi connectivity index (χ3v) is 3.35. The summed E-state index contributed by atoms with van der Waals surface area (Å²) in [5, 5.41) is 5.89. The molecule has 0 unspecified atom stereocenters. The van der Waals surface area contributed by atoms with E-state index in [1.165, 1.54) is 0 Å². The topological polar surface area (TPSA) is 70.2 Å². The molecular weight excluding hydrogens is 254 g/mol. The summed E-state index contributed by atoms with van der Waals surface area (Å²) in [6.45, 7) is 5.94. The van der Waals surface area contributed by atoms with Crippen molar-refractivity contribution in [1.29, 1.82) is 0 Å². The van der Waals surface area contributed by atoms with Crippen molar-refractivity contribution in [3.05, 3.63) is 11.9 Å². The van der Waals surface area contributed by atoms with Gasteiger partial charge in [0.1, 0.15) is 17.5 Å². The standard InChI is InChI=1S/C14H23N5O/c1-4-16-11-8-12(18-14(17-11)10-6-7-10)19(5-2)9-13(20)15-3/h8,10H,4-7,9H2,1-3H3,(H,15,20)(H,16,17,18). The van der Waals surface area contributed by atoms with Gasteiger partial charge in [-0.2, -0.15) is 0 Å². The maximum Gasteiger partial charge on any atom is 0.239 e. The van der Waals surface area contributed by atoms with Crippen molar-refractivity contribution in [2.75, 3.05) is 36.9 Å². The molecule has 1 fully saturated rings. The first-order valence-corrected chi connectivity index (χ1v) is 7.26. The van der Waals surface area contributed by atoms with Gasteiger partial charge in [0.2, 0.25) is 5.91 Å². The van der Waals surface area contributed by atoms with Gasteiger partial charge in [-0.05, 0) is 26.7 Å². The van der Waals surface area contributed by atoms with E-state index in [0.29, 0.717) is 12.5 Å². The number of carbonyl (C=O) groups excluding carboxylic acids is 1. The van der Waals surface area contributed by atoms with Crippen molar-refractivity contribution < 1.29 is 4.79 Å². The molecule has 0 atom stereocenters. The number of nitrogens with one attached hydrogen (secondary N) is 2. The summed E-state index contributed by atoms with van der Waals surface area (Å²) in [6, 6.07) is 1.92. The first kappa shape index (κ1) is 14.6. The lowest BCUT2D eigenvalue weighted by Gasteiger charge is -2.22. The predicted molar refractivity (Wildman–Crippen MR) is 80.1 cm³/mol. The summed E-state index contributed by atoms with van der Waals surface area (Å²) in [5.74, 6) is 3.04. The second kappa shape index (κ2) is 6.54. The van der Waals surface area contributed by atoms with Crippen molar-refractivity contribution >= 4 is 17.5 Å². The maximum atomic E-state index is 11.6. The molecule has 6 nitrogen and oxygen atoms in total. The number of anilines is 2. The molecule has 0 spiro atoms. The van der Waals surface area contributed by atoms with Gasteiger partial charge in [0.05, 0.1) is 6.54 Å². The van der Waals surface area contributed by atoms with Crippen LogP contribution in [0.1, 0.15) is 38.4 Å². The Hall–Kier alpha value is -1.85. The largest absolute Gasteiger partial charge is 0.370 e. The summed E-state index contributed by atoms with van der Waals surface area (Å²) in [7, 11) is 1.65. The van der Waals surface area contributed by atoms with E-state index in [1.54, 1.807) is 7.05 Å². The average molecular weight is 277 g/mol. The number of nitrogens with zero attached hydrogens (tertiary/aromatic N) is 3. The Bertz CT molecular complexity index is 473. The number of rotatable bonds is 7. The van der Waals surface area contributed by atoms with E-state index >= 15 is 0 Å². The molecule has 1 saturated carbocycles. The lowest BCUT2D eigenvalue weighted by Crippen LogP contribution is -2.36. The molecule has 110 valence electrons.